The van der Waals surface area contributed by atoms with E-state index >= 15 is 0 Å². The van der Waals surface area contributed by atoms with E-state index in [4.69, 9.17) is 4.74 Å². The van der Waals surface area contributed by atoms with Gasteiger partial charge in [0.25, 0.3) is 0 Å². The average Bonchev–Trinajstić information content (AvgIpc) is 2.38. The molecule has 0 amide bonds. The molecule has 0 heterocycles. The molecule has 0 saturated heterocycles. The van der Waals surface area contributed by atoms with E-state index in [1.807, 2.05) is 6.08 Å². The summed E-state index contributed by atoms with van der Waals surface area (Å²) in [5.41, 5.74) is 0. The number of ether oxygens (including phenoxy) is 1. The van der Waals surface area contributed by atoms with Crippen molar-refractivity contribution >= 4 is 5.97 Å². The van der Waals surface area contributed by atoms with Gasteiger partial charge in [0.15, 0.2) is 0 Å². The fourth-order valence-electron chi connectivity index (χ4n) is 2.33. The monoisotopic (exact) mass is 220 g/mol. The molecule has 0 aliphatic heterocycles. The Hall–Kier alpha value is -1.05. The largest absolute Gasteiger partial charge is 0.465 e. The van der Waals surface area contributed by atoms with Gasteiger partial charge in [-0.2, -0.15) is 0 Å². The zero-order valence-electron chi connectivity index (χ0n) is 9.73. The van der Waals surface area contributed by atoms with E-state index in [1.54, 1.807) is 0 Å². The van der Waals surface area contributed by atoms with Crippen molar-refractivity contribution in [2.75, 3.05) is 6.61 Å². The van der Waals surface area contributed by atoms with E-state index in [0.29, 0.717) is 12.5 Å². The molecule has 0 spiro atoms. The predicted octanol–water partition coefficient (Wildman–Crippen LogP) is 3.24. The summed E-state index contributed by atoms with van der Waals surface area (Å²) in [4.78, 5) is 11.7. The van der Waals surface area contributed by atoms with Crippen LogP contribution < -0.4 is 0 Å². The van der Waals surface area contributed by atoms with Gasteiger partial charge in [-0.3, -0.25) is 4.79 Å². The molecule has 2 aliphatic rings. The van der Waals surface area contributed by atoms with Crippen molar-refractivity contribution in [2.24, 2.45) is 11.8 Å². The molecule has 2 nitrogen and oxygen atoms in total. The molecule has 88 valence electrons. The number of carbonyl (C=O) groups is 1. The third-order valence-electron chi connectivity index (χ3n) is 3.35. The topological polar surface area (TPSA) is 26.3 Å². The van der Waals surface area contributed by atoms with Crippen molar-refractivity contribution in [1.29, 1.82) is 0 Å². The van der Waals surface area contributed by atoms with Crippen LogP contribution in [-0.4, -0.2) is 12.6 Å². The molecule has 2 heteroatoms. The minimum atomic E-state index is -0.0325. The molecule has 0 saturated carbocycles. The minimum Gasteiger partial charge on any atom is -0.465 e. The molecule has 2 unspecified atom stereocenters. The van der Waals surface area contributed by atoms with Crippen molar-refractivity contribution in [1.82, 2.24) is 0 Å². The summed E-state index contributed by atoms with van der Waals surface area (Å²) < 4.78 is 5.38. The Balaban J connectivity index is 1.74. The Kier molecular flexibility index (Phi) is 4.20. The smallest absolute Gasteiger partial charge is 0.312 e. The van der Waals surface area contributed by atoms with E-state index in [9.17, 15) is 4.79 Å². The van der Waals surface area contributed by atoms with Crippen LogP contribution in [0.25, 0.3) is 0 Å². The highest BCUT2D eigenvalue weighted by Crippen LogP contribution is 2.21. The Morgan fingerprint density at radius 2 is 1.88 bits per heavy atom. The molecule has 0 bridgehead atoms. The number of carbonyl (C=O) groups excluding carboxylic acids is 1. The standard InChI is InChI=1S/C14H20O2/c15-14(13-9-5-2-6-10-13)16-11-12-7-3-1-4-8-12/h3,5,7,9,12-13H,1-2,4,6,8,10-11H2. The summed E-state index contributed by atoms with van der Waals surface area (Å²) in [6, 6.07) is 0. The third kappa shape index (κ3) is 3.22. The van der Waals surface area contributed by atoms with Crippen molar-refractivity contribution < 1.29 is 9.53 Å². The van der Waals surface area contributed by atoms with Crippen LogP contribution in [-0.2, 0) is 9.53 Å². The molecule has 0 aromatic heterocycles. The van der Waals surface area contributed by atoms with Gasteiger partial charge in [0.1, 0.15) is 0 Å². The van der Waals surface area contributed by atoms with Gasteiger partial charge in [0.05, 0.1) is 12.5 Å². The van der Waals surface area contributed by atoms with Gasteiger partial charge in [0.2, 0.25) is 0 Å². The highest BCUT2D eigenvalue weighted by Gasteiger charge is 2.20. The van der Waals surface area contributed by atoms with Gasteiger partial charge in [-0.1, -0.05) is 24.3 Å². The maximum atomic E-state index is 11.7. The van der Waals surface area contributed by atoms with Crippen molar-refractivity contribution in [3.63, 3.8) is 0 Å². The van der Waals surface area contributed by atoms with E-state index in [-0.39, 0.29) is 11.9 Å². The first kappa shape index (κ1) is 11.4. The van der Waals surface area contributed by atoms with Crippen molar-refractivity contribution in [2.45, 2.75) is 38.5 Å². The zero-order valence-corrected chi connectivity index (χ0v) is 9.73. The Morgan fingerprint density at radius 3 is 2.50 bits per heavy atom. The maximum Gasteiger partial charge on any atom is 0.312 e. The second-order valence-electron chi connectivity index (χ2n) is 4.71. The fourth-order valence-corrected chi connectivity index (χ4v) is 2.33. The Labute approximate surface area is 97.4 Å². The number of allylic oxidation sites excluding steroid dienone is 2. The lowest BCUT2D eigenvalue weighted by molar-refractivity contribution is -0.148. The fraction of sp³-hybridized carbons (Fsp3) is 0.643. The SMILES string of the molecule is O=C(OCC1C=CCCC1)C1C=CCCC1. The zero-order chi connectivity index (χ0) is 11.2. The molecule has 2 atom stereocenters. The van der Waals surface area contributed by atoms with Crippen LogP contribution in [0.1, 0.15) is 38.5 Å². The molecule has 0 N–H and O–H groups in total. The maximum absolute atomic E-state index is 11.7. The Bertz CT molecular complexity index is 291. The molecule has 2 rings (SSSR count). The molecular formula is C14H20O2. The first-order chi connectivity index (χ1) is 7.86. The van der Waals surface area contributed by atoms with E-state index in [1.165, 1.54) is 12.8 Å². The summed E-state index contributed by atoms with van der Waals surface area (Å²) in [5, 5.41) is 0. The van der Waals surface area contributed by atoms with Crippen LogP contribution in [0.5, 0.6) is 0 Å². The highest BCUT2D eigenvalue weighted by molar-refractivity contribution is 5.74. The van der Waals surface area contributed by atoms with Gasteiger partial charge in [-0.25, -0.2) is 0 Å². The molecule has 0 fully saturated rings. The van der Waals surface area contributed by atoms with Gasteiger partial charge in [-0.05, 0) is 38.5 Å². The summed E-state index contributed by atoms with van der Waals surface area (Å²) in [5.74, 6) is 0.432. The molecule has 2 aliphatic carbocycles. The number of rotatable bonds is 3. The predicted molar refractivity (Wildman–Crippen MR) is 63.9 cm³/mol. The molecule has 0 aromatic rings. The van der Waals surface area contributed by atoms with Crippen LogP contribution in [0.4, 0.5) is 0 Å². The van der Waals surface area contributed by atoms with Crippen molar-refractivity contribution in [3.05, 3.63) is 24.3 Å². The Morgan fingerprint density at radius 1 is 1.12 bits per heavy atom. The average molecular weight is 220 g/mol. The second kappa shape index (κ2) is 5.88. The number of esters is 1. The van der Waals surface area contributed by atoms with Gasteiger partial charge >= 0.3 is 5.97 Å². The lowest BCUT2D eigenvalue weighted by Crippen LogP contribution is -2.21. The van der Waals surface area contributed by atoms with Crippen LogP contribution in [0.15, 0.2) is 24.3 Å². The van der Waals surface area contributed by atoms with Gasteiger partial charge < -0.3 is 4.74 Å². The van der Waals surface area contributed by atoms with E-state index in [2.05, 4.69) is 18.2 Å². The quantitative estimate of drug-likeness (QED) is 0.539. The van der Waals surface area contributed by atoms with Gasteiger partial charge in [-0.15, -0.1) is 0 Å². The lowest BCUT2D eigenvalue weighted by Gasteiger charge is -2.19. The first-order valence-corrected chi connectivity index (χ1v) is 6.36. The molecule has 0 radical (unpaired) electrons. The summed E-state index contributed by atoms with van der Waals surface area (Å²) in [6.07, 6.45) is 15.2. The third-order valence-corrected chi connectivity index (χ3v) is 3.35. The van der Waals surface area contributed by atoms with Crippen LogP contribution in [0, 0.1) is 11.8 Å². The number of hydrogen-bond donors (Lipinski definition) is 0. The van der Waals surface area contributed by atoms with E-state index in [0.717, 1.165) is 25.7 Å². The minimum absolute atomic E-state index is 0.0151. The summed E-state index contributed by atoms with van der Waals surface area (Å²) in [6.45, 7) is 0.569. The molecule has 16 heavy (non-hydrogen) atoms. The molecule has 0 aromatic carbocycles. The normalized spacial score (nSPS) is 29.0. The summed E-state index contributed by atoms with van der Waals surface area (Å²) >= 11 is 0. The second-order valence-corrected chi connectivity index (χ2v) is 4.71. The van der Waals surface area contributed by atoms with Crippen LogP contribution >= 0.6 is 0 Å². The lowest BCUT2D eigenvalue weighted by atomic mass is 9.95. The van der Waals surface area contributed by atoms with E-state index < -0.39 is 0 Å². The van der Waals surface area contributed by atoms with Crippen LogP contribution in [0.2, 0.25) is 0 Å². The first-order valence-electron chi connectivity index (χ1n) is 6.36. The molecular weight excluding hydrogens is 200 g/mol. The highest BCUT2D eigenvalue weighted by atomic mass is 16.5. The number of hydrogen-bond acceptors (Lipinski definition) is 2. The van der Waals surface area contributed by atoms with Crippen LogP contribution in [0.3, 0.4) is 0 Å². The van der Waals surface area contributed by atoms with Gasteiger partial charge in [0, 0.05) is 5.92 Å². The summed E-state index contributed by atoms with van der Waals surface area (Å²) in [7, 11) is 0. The van der Waals surface area contributed by atoms with Crippen molar-refractivity contribution in [3.8, 4) is 0 Å².